The lowest BCUT2D eigenvalue weighted by molar-refractivity contribution is -0.142. The van der Waals surface area contributed by atoms with E-state index in [0.29, 0.717) is 17.3 Å². The number of carbonyl (C=O) groups is 1. The molecule has 0 amide bonds. The van der Waals surface area contributed by atoms with Gasteiger partial charge in [0.05, 0.1) is 4.90 Å². The number of aromatic nitrogens is 1. The first-order valence-corrected chi connectivity index (χ1v) is 10.7. The van der Waals surface area contributed by atoms with Crippen LogP contribution in [0.25, 0.3) is 0 Å². The highest BCUT2D eigenvalue weighted by Crippen LogP contribution is 2.38. The minimum Gasteiger partial charge on any atom is -0.480 e. The van der Waals surface area contributed by atoms with Crippen LogP contribution in [-0.2, 0) is 14.8 Å². The second kappa shape index (κ2) is 7.49. The quantitative estimate of drug-likeness (QED) is 0.812. The van der Waals surface area contributed by atoms with E-state index in [2.05, 4.69) is 4.98 Å². The molecule has 27 heavy (non-hydrogen) atoms. The van der Waals surface area contributed by atoms with Crippen molar-refractivity contribution in [1.29, 1.82) is 0 Å². The highest BCUT2D eigenvalue weighted by molar-refractivity contribution is 8.00. The monoisotopic (exact) mass is 408 g/mol. The Hall–Kier alpha value is -2.10. The Labute approximate surface area is 162 Å². The van der Waals surface area contributed by atoms with E-state index in [9.17, 15) is 18.3 Å². The van der Waals surface area contributed by atoms with Crippen LogP contribution in [0.4, 0.5) is 0 Å². The van der Waals surface area contributed by atoms with Crippen LogP contribution >= 0.6 is 11.8 Å². The summed E-state index contributed by atoms with van der Waals surface area (Å²) in [6.45, 7) is 3.66. The van der Waals surface area contributed by atoms with Gasteiger partial charge in [-0.2, -0.15) is 16.1 Å². The van der Waals surface area contributed by atoms with Crippen LogP contribution in [-0.4, -0.2) is 51.9 Å². The number of aliphatic carboxylic acids is 1. The molecule has 144 valence electrons. The molecule has 1 N–H and O–H groups in total. The lowest BCUT2D eigenvalue weighted by Gasteiger charge is -2.42. The van der Waals surface area contributed by atoms with Gasteiger partial charge in [-0.25, -0.2) is 8.42 Å². The highest BCUT2D eigenvalue weighted by Gasteiger charge is 2.48. The number of hydrogen-bond acceptors (Lipinski definition) is 6. The maximum atomic E-state index is 13.1. The Morgan fingerprint density at radius 1 is 1.19 bits per heavy atom. The van der Waals surface area contributed by atoms with E-state index >= 15 is 0 Å². The molecule has 1 saturated heterocycles. The molecule has 7 nitrogen and oxygen atoms in total. The minimum atomic E-state index is -3.94. The normalized spacial score (nSPS) is 20.1. The topological polar surface area (TPSA) is 96.8 Å². The molecule has 0 saturated carbocycles. The van der Waals surface area contributed by atoms with Gasteiger partial charge < -0.3 is 9.84 Å². The van der Waals surface area contributed by atoms with Crippen LogP contribution in [0.15, 0.2) is 53.7 Å². The third-order valence-electron chi connectivity index (χ3n) is 4.28. The molecule has 1 fully saturated rings. The maximum absolute atomic E-state index is 13.1. The zero-order valence-corrected chi connectivity index (χ0v) is 16.5. The smallest absolute Gasteiger partial charge is 0.323 e. The van der Waals surface area contributed by atoms with Gasteiger partial charge in [0.1, 0.15) is 17.5 Å². The van der Waals surface area contributed by atoms with Gasteiger partial charge in [0, 0.05) is 29.4 Å². The van der Waals surface area contributed by atoms with E-state index in [4.69, 9.17) is 4.74 Å². The number of sulfonamides is 1. The van der Waals surface area contributed by atoms with Crippen LogP contribution in [0.5, 0.6) is 11.5 Å². The van der Waals surface area contributed by atoms with Crippen molar-refractivity contribution in [3.05, 3.63) is 48.8 Å². The van der Waals surface area contributed by atoms with Crippen LogP contribution in [0.3, 0.4) is 0 Å². The molecule has 2 heterocycles. The Kier molecular flexibility index (Phi) is 5.45. The number of carboxylic acids is 1. The fourth-order valence-electron chi connectivity index (χ4n) is 2.99. The van der Waals surface area contributed by atoms with Crippen LogP contribution in [0, 0.1) is 0 Å². The summed E-state index contributed by atoms with van der Waals surface area (Å²) in [5.41, 5.74) is 0. The summed E-state index contributed by atoms with van der Waals surface area (Å²) in [6, 6.07) is 8.21. The highest BCUT2D eigenvalue weighted by atomic mass is 32.2. The predicted octanol–water partition coefficient (Wildman–Crippen LogP) is 2.84. The SMILES string of the molecule is CC1(C)SCCN(S(=O)(=O)c2ccc(Oc3ccncc3)cc2)[C@H]1C(=O)O. The molecule has 2 aromatic rings. The van der Waals surface area contributed by atoms with Gasteiger partial charge in [0.25, 0.3) is 0 Å². The lowest BCUT2D eigenvalue weighted by Crippen LogP contribution is -2.58. The van der Waals surface area contributed by atoms with Gasteiger partial charge >= 0.3 is 5.97 Å². The first-order chi connectivity index (χ1) is 12.7. The molecule has 1 aliphatic rings. The summed E-state index contributed by atoms with van der Waals surface area (Å²) in [5.74, 6) is 0.457. The van der Waals surface area contributed by atoms with Crippen molar-refractivity contribution in [2.45, 2.75) is 29.5 Å². The number of rotatable bonds is 5. The molecule has 0 bridgehead atoms. The van der Waals surface area contributed by atoms with Gasteiger partial charge in [0.2, 0.25) is 10.0 Å². The number of ether oxygens (including phenoxy) is 1. The van der Waals surface area contributed by atoms with Crippen molar-refractivity contribution in [1.82, 2.24) is 9.29 Å². The van der Waals surface area contributed by atoms with Crippen molar-refractivity contribution in [3.63, 3.8) is 0 Å². The van der Waals surface area contributed by atoms with Crippen molar-refractivity contribution >= 4 is 27.8 Å². The maximum Gasteiger partial charge on any atom is 0.323 e. The van der Waals surface area contributed by atoms with E-state index < -0.39 is 26.8 Å². The minimum absolute atomic E-state index is 0.0403. The zero-order valence-electron chi connectivity index (χ0n) is 14.9. The summed E-state index contributed by atoms with van der Waals surface area (Å²) in [7, 11) is -3.94. The summed E-state index contributed by atoms with van der Waals surface area (Å²) in [6.07, 6.45) is 3.19. The first kappa shape index (κ1) is 19.7. The summed E-state index contributed by atoms with van der Waals surface area (Å²) in [5, 5.41) is 9.62. The fraction of sp³-hybridized carbons (Fsp3) is 0.333. The summed E-state index contributed by atoms with van der Waals surface area (Å²) in [4.78, 5) is 15.7. The number of carboxylic acid groups (broad SMARTS) is 1. The number of pyridine rings is 1. The van der Waals surface area contributed by atoms with E-state index in [1.54, 1.807) is 50.5 Å². The molecular formula is C18H20N2O5S2. The van der Waals surface area contributed by atoms with Crippen molar-refractivity contribution in [2.24, 2.45) is 0 Å². The molecular weight excluding hydrogens is 388 g/mol. The van der Waals surface area contributed by atoms with Gasteiger partial charge in [-0.3, -0.25) is 9.78 Å². The first-order valence-electron chi connectivity index (χ1n) is 8.28. The van der Waals surface area contributed by atoms with Gasteiger partial charge in [-0.05, 0) is 50.2 Å². The largest absolute Gasteiger partial charge is 0.480 e. The molecule has 0 spiro atoms. The third kappa shape index (κ3) is 4.10. The molecule has 1 aromatic carbocycles. The summed E-state index contributed by atoms with van der Waals surface area (Å²) < 4.78 is 32.1. The average Bonchev–Trinajstić information content (AvgIpc) is 2.61. The van der Waals surface area contributed by atoms with Crippen LogP contribution < -0.4 is 4.74 Å². The Morgan fingerprint density at radius 2 is 1.78 bits per heavy atom. The molecule has 1 aliphatic heterocycles. The van der Waals surface area contributed by atoms with Gasteiger partial charge in [-0.1, -0.05) is 0 Å². The van der Waals surface area contributed by atoms with Crippen molar-refractivity contribution in [3.8, 4) is 11.5 Å². The number of thioether (sulfide) groups is 1. The van der Waals surface area contributed by atoms with Gasteiger partial charge in [0.15, 0.2) is 0 Å². The lowest BCUT2D eigenvalue weighted by atomic mass is 10.0. The zero-order chi connectivity index (χ0) is 19.7. The summed E-state index contributed by atoms with van der Waals surface area (Å²) >= 11 is 1.46. The van der Waals surface area contributed by atoms with Crippen molar-refractivity contribution in [2.75, 3.05) is 12.3 Å². The Balaban J connectivity index is 1.87. The van der Waals surface area contributed by atoms with Crippen molar-refractivity contribution < 1.29 is 23.1 Å². The van der Waals surface area contributed by atoms with Gasteiger partial charge in [-0.15, -0.1) is 0 Å². The molecule has 9 heteroatoms. The van der Waals surface area contributed by atoms with E-state index in [0.717, 1.165) is 4.31 Å². The molecule has 0 unspecified atom stereocenters. The molecule has 0 radical (unpaired) electrons. The number of nitrogens with zero attached hydrogens (tertiary/aromatic N) is 2. The Bertz CT molecular complexity index is 915. The third-order valence-corrected chi connectivity index (χ3v) is 7.51. The van der Waals surface area contributed by atoms with E-state index in [-0.39, 0.29) is 11.4 Å². The standard InChI is InChI=1S/C18H20N2O5S2/c1-18(2)16(17(21)22)20(11-12-26-18)27(23,24)15-5-3-13(4-6-15)25-14-7-9-19-10-8-14/h3-10,16H,11-12H2,1-2H3,(H,21,22)/t16-/m0/s1. The molecule has 1 atom stereocenters. The van der Waals surface area contributed by atoms with Crippen LogP contribution in [0.1, 0.15) is 13.8 Å². The average molecular weight is 409 g/mol. The van der Waals surface area contributed by atoms with Crippen LogP contribution in [0.2, 0.25) is 0 Å². The molecule has 3 rings (SSSR count). The fourth-order valence-corrected chi connectivity index (χ4v) is 6.09. The van der Waals surface area contributed by atoms with E-state index in [1.165, 1.54) is 23.9 Å². The number of benzene rings is 1. The predicted molar refractivity (Wildman–Crippen MR) is 103 cm³/mol. The molecule has 1 aromatic heterocycles. The molecule has 0 aliphatic carbocycles. The number of hydrogen-bond donors (Lipinski definition) is 1. The van der Waals surface area contributed by atoms with E-state index in [1.807, 2.05) is 0 Å². The second-order valence-corrected chi connectivity index (χ2v) is 10.2. The Morgan fingerprint density at radius 3 is 2.37 bits per heavy atom. The second-order valence-electron chi connectivity index (χ2n) is 6.56.